The van der Waals surface area contributed by atoms with Gasteiger partial charge in [0.05, 0.1) is 12.6 Å². The van der Waals surface area contributed by atoms with Gasteiger partial charge in [0, 0.05) is 9.50 Å². The molecule has 0 spiro atoms. The minimum Gasteiger partial charge on any atom is -0.465 e. The van der Waals surface area contributed by atoms with Crippen LogP contribution in [0.15, 0.2) is 22.7 Å². The molecule has 82 valence electrons. The summed E-state index contributed by atoms with van der Waals surface area (Å²) < 4.78 is 0.732. The number of carboxylic acid groups (broad SMARTS) is 1. The Morgan fingerprint density at radius 3 is 2.67 bits per heavy atom. The van der Waals surface area contributed by atoms with Crippen molar-refractivity contribution in [2.24, 2.45) is 0 Å². The van der Waals surface area contributed by atoms with Crippen molar-refractivity contribution >= 4 is 33.6 Å². The molecule has 0 fully saturated rings. The summed E-state index contributed by atoms with van der Waals surface area (Å²) in [5.74, 6) is 0. The van der Waals surface area contributed by atoms with Crippen LogP contribution in [0.25, 0.3) is 0 Å². The van der Waals surface area contributed by atoms with Crippen LogP contribution in [0.3, 0.4) is 0 Å². The highest BCUT2D eigenvalue weighted by atomic mass is 79.9. The number of nitrogens with one attached hydrogen (secondary N) is 1. The SMILES string of the molecule is O=C(O)NC(CO)c1cc(Cl)cc(Br)c1. The molecular formula is C9H9BrClNO3. The van der Waals surface area contributed by atoms with E-state index in [0.29, 0.717) is 10.6 Å². The van der Waals surface area contributed by atoms with Crippen molar-refractivity contribution in [3.05, 3.63) is 33.3 Å². The highest BCUT2D eigenvalue weighted by Gasteiger charge is 2.13. The summed E-state index contributed by atoms with van der Waals surface area (Å²) in [5, 5.41) is 20.2. The number of aliphatic hydroxyl groups is 1. The molecule has 0 aliphatic carbocycles. The van der Waals surface area contributed by atoms with Crippen LogP contribution in [0, 0.1) is 0 Å². The summed E-state index contributed by atoms with van der Waals surface area (Å²) in [6, 6.07) is 4.31. The minimum absolute atomic E-state index is 0.320. The summed E-state index contributed by atoms with van der Waals surface area (Å²) in [7, 11) is 0. The van der Waals surface area contributed by atoms with Crippen LogP contribution in [-0.2, 0) is 0 Å². The molecule has 0 saturated heterocycles. The van der Waals surface area contributed by atoms with Crippen LogP contribution in [-0.4, -0.2) is 22.9 Å². The summed E-state index contributed by atoms with van der Waals surface area (Å²) in [6.07, 6.45) is -1.19. The predicted molar refractivity (Wildman–Crippen MR) is 60.1 cm³/mol. The Morgan fingerprint density at radius 1 is 1.53 bits per heavy atom. The van der Waals surface area contributed by atoms with E-state index in [1.165, 1.54) is 0 Å². The van der Waals surface area contributed by atoms with Gasteiger partial charge in [-0.15, -0.1) is 0 Å². The molecule has 3 N–H and O–H groups in total. The first kappa shape index (κ1) is 12.3. The number of benzene rings is 1. The summed E-state index contributed by atoms with van der Waals surface area (Å²) in [4.78, 5) is 10.4. The van der Waals surface area contributed by atoms with Gasteiger partial charge in [-0.1, -0.05) is 27.5 Å². The Bertz CT molecular complexity index is 352. The Kier molecular flexibility index (Phi) is 4.38. The number of rotatable bonds is 3. The Morgan fingerprint density at radius 2 is 2.20 bits per heavy atom. The van der Waals surface area contributed by atoms with E-state index < -0.39 is 12.1 Å². The molecule has 1 atom stereocenters. The summed E-state index contributed by atoms with van der Waals surface area (Å²) in [6.45, 7) is -0.320. The molecule has 1 aromatic carbocycles. The molecule has 4 nitrogen and oxygen atoms in total. The topological polar surface area (TPSA) is 69.6 Å². The van der Waals surface area contributed by atoms with E-state index in [1.807, 2.05) is 0 Å². The predicted octanol–water partition coefficient (Wildman–Crippen LogP) is 2.40. The van der Waals surface area contributed by atoms with E-state index in [0.717, 1.165) is 4.47 Å². The van der Waals surface area contributed by atoms with Crippen LogP contribution < -0.4 is 5.32 Å². The van der Waals surface area contributed by atoms with Gasteiger partial charge in [-0.2, -0.15) is 0 Å². The first-order valence-electron chi connectivity index (χ1n) is 4.09. The van der Waals surface area contributed by atoms with Gasteiger partial charge in [0.1, 0.15) is 0 Å². The third-order valence-corrected chi connectivity index (χ3v) is 2.44. The van der Waals surface area contributed by atoms with Crippen LogP contribution in [0.4, 0.5) is 4.79 Å². The van der Waals surface area contributed by atoms with E-state index >= 15 is 0 Å². The Labute approximate surface area is 100.0 Å². The Balaban J connectivity index is 2.95. The second kappa shape index (κ2) is 5.34. The lowest BCUT2D eigenvalue weighted by molar-refractivity contribution is 0.177. The Hall–Kier alpha value is -0.780. The van der Waals surface area contributed by atoms with Gasteiger partial charge in [-0.05, 0) is 23.8 Å². The van der Waals surface area contributed by atoms with E-state index in [9.17, 15) is 4.79 Å². The molecule has 0 aromatic heterocycles. The maximum atomic E-state index is 10.4. The third kappa shape index (κ3) is 3.70. The molecule has 0 heterocycles. The van der Waals surface area contributed by atoms with Crippen molar-refractivity contribution in [1.82, 2.24) is 5.32 Å². The molecule has 0 saturated carbocycles. The molecule has 0 bridgehead atoms. The number of hydrogen-bond donors (Lipinski definition) is 3. The summed E-state index contributed by atoms with van der Waals surface area (Å²) in [5.41, 5.74) is 0.610. The van der Waals surface area contributed by atoms with Crippen molar-refractivity contribution < 1.29 is 15.0 Å². The van der Waals surface area contributed by atoms with Gasteiger partial charge in [0.2, 0.25) is 0 Å². The van der Waals surface area contributed by atoms with Crippen molar-refractivity contribution in [3.63, 3.8) is 0 Å². The lowest BCUT2D eigenvalue weighted by atomic mass is 10.1. The highest BCUT2D eigenvalue weighted by Crippen LogP contribution is 2.23. The van der Waals surface area contributed by atoms with Crippen LogP contribution in [0.2, 0.25) is 5.02 Å². The van der Waals surface area contributed by atoms with Crippen LogP contribution >= 0.6 is 27.5 Å². The molecule has 1 rings (SSSR count). The van der Waals surface area contributed by atoms with E-state index in [4.69, 9.17) is 21.8 Å². The second-order valence-electron chi connectivity index (χ2n) is 2.89. The average Bonchev–Trinajstić information content (AvgIpc) is 2.12. The van der Waals surface area contributed by atoms with Crippen molar-refractivity contribution in [2.45, 2.75) is 6.04 Å². The fourth-order valence-corrected chi connectivity index (χ4v) is 2.05. The maximum Gasteiger partial charge on any atom is 0.405 e. The number of amides is 1. The molecule has 0 radical (unpaired) electrons. The molecular weight excluding hydrogens is 285 g/mol. The molecule has 1 unspecified atom stereocenters. The molecule has 0 aliphatic rings. The van der Waals surface area contributed by atoms with Crippen molar-refractivity contribution in [3.8, 4) is 0 Å². The fraction of sp³-hybridized carbons (Fsp3) is 0.222. The zero-order chi connectivity index (χ0) is 11.4. The fourth-order valence-electron chi connectivity index (χ4n) is 1.16. The normalized spacial score (nSPS) is 12.2. The number of carbonyl (C=O) groups is 1. The standard InChI is InChI=1S/C9H9BrClNO3/c10-6-1-5(2-7(11)3-6)8(4-13)12-9(14)15/h1-3,8,12-13H,4H2,(H,14,15). The van der Waals surface area contributed by atoms with Gasteiger partial charge < -0.3 is 15.5 Å². The highest BCUT2D eigenvalue weighted by molar-refractivity contribution is 9.10. The van der Waals surface area contributed by atoms with Gasteiger partial charge >= 0.3 is 6.09 Å². The largest absolute Gasteiger partial charge is 0.465 e. The first-order valence-corrected chi connectivity index (χ1v) is 5.26. The second-order valence-corrected chi connectivity index (χ2v) is 4.24. The number of hydrogen-bond acceptors (Lipinski definition) is 2. The zero-order valence-corrected chi connectivity index (χ0v) is 9.92. The average molecular weight is 295 g/mol. The van der Waals surface area contributed by atoms with E-state index in [2.05, 4.69) is 21.2 Å². The van der Waals surface area contributed by atoms with E-state index in [1.54, 1.807) is 18.2 Å². The zero-order valence-electron chi connectivity index (χ0n) is 7.58. The maximum absolute atomic E-state index is 10.4. The lowest BCUT2D eigenvalue weighted by Crippen LogP contribution is -2.29. The monoisotopic (exact) mass is 293 g/mol. The van der Waals surface area contributed by atoms with Crippen LogP contribution in [0.1, 0.15) is 11.6 Å². The van der Waals surface area contributed by atoms with Gasteiger partial charge in [0.15, 0.2) is 0 Å². The van der Waals surface area contributed by atoms with Gasteiger partial charge in [-0.25, -0.2) is 4.79 Å². The van der Waals surface area contributed by atoms with Crippen molar-refractivity contribution in [2.75, 3.05) is 6.61 Å². The number of halogens is 2. The molecule has 1 aromatic rings. The van der Waals surface area contributed by atoms with Gasteiger partial charge in [0.25, 0.3) is 0 Å². The minimum atomic E-state index is -1.19. The molecule has 6 heteroatoms. The first-order chi connectivity index (χ1) is 7.02. The number of aliphatic hydroxyl groups excluding tert-OH is 1. The van der Waals surface area contributed by atoms with E-state index in [-0.39, 0.29) is 6.61 Å². The third-order valence-electron chi connectivity index (χ3n) is 1.77. The lowest BCUT2D eigenvalue weighted by Gasteiger charge is -2.15. The molecule has 0 aliphatic heterocycles. The summed E-state index contributed by atoms with van der Waals surface area (Å²) >= 11 is 9.04. The van der Waals surface area contributed by atoms with Gasteiger partial charge in [-0.3, -0.25) is 0 Å². The molecule has 1 amide bonds. The van der Waals surface area contributed by atoms with Crippen molar-refractivity contribution in [1.29, 1.82) is 0 Å². The smallest absolute Gasteiger partial charge is 0.405 e. The van der Waals surface area contributed by atoms with Crippen LogP contribution in [0.5, 0.6) is 0 Å². The molecule has 15 heavy (non-hydrogen) atoms. The quantitative estimate of drug-likeness (QED) is 0.802.